The number of carbonyl (C=O) groups is 1. The first-order valence-corrected chi connectivity index (χ1v) is 9.42. The molecular weight excluding hydrogens is 338 g/mol. The molecule has 1 amide bonds. The zero-order valence-corrected chi connectivity index (χ0v) is 15.9. The van der Waals surface area contributed by atoms with Crippen LogP contribution in [0.4, 0.5) is 11.6 Å². The number of hydrogen-bond acceptors (Lipinski definition) is 5. The molecule has 1 saturated heterocycles. The third-order valence-electron chi connectivity index (χ3n) is 5.34. The van der Waals surface area contributed by atoms with E-state index >= 15 is 0 Å². The van der Waals surface area contributed by atoms with Crippen LogP contribution in [0.25, 0.3) is 5.57 Å². The van der Waals surface area contributed by atoms with Gasteiger partial charge in [-0.3, -0.25) is 4.79 Å². The van der Waals surface area contributed by atoms with Crippen LogP contribution in [0.5, 0.6) is 0 Å². The van der Waals surface area contributed by atoms with Crippen LogP contribution in [-0.2, 0) is 4.79 Å². The number of anilines is 2. The molecule has 0 N–H and O–H groups in total. The summed E-state index contributed by atoms with van der Waals surface area (Å²) in [4.78, 5) is 26.9. The summed E-state index contributed by atoms with van der Waals surface area (Å²) < 4.78 is 0. The molecule has 1 aromatic heterocycles. The summed E-state index contributed by atoms with van der Waals surface area (Å²) in [6.45, 7) is 5.80. The number of aromatic nitrogens is 2. The average Bonchev–Trinajstić information content (AvgIpc) is 2.70. The summed E-state index contributed by atoms with van der Waals surface area (Å²) in [5.41, 5.74) is 4.00. The topological polar surface area (TPSA) is 52.6 Å². The second-order valence-corrected chi connectivity index (χ2v) is 7.27. The predicted molar refractivity (Wildman–Crippen MR) is 108 cm³/mol. The third kappa shape index (κ3) is 3.79. The first kappa shape index (κ1) is 17.5. The molecule has 27 heavy (non-hydrogen) atoms. The Kier molecular flexibility index (Phi) is 4.79. The molecule has 6 nitrogen and oxygen atoms in total. The summed E-state index contributed by atoms with van der Waals surface area (Å²) >= 11 is 0. The molecule has 3 heterocycles. The Morgan fingerprint density at radius 3 is 2.52 bits per heavy atom. The van der Waals surface area contributed by atoms with E-state index in [0.717, 1.165) is 44.2 Å². The van der Waals surface area contributed by atoms with E-state index in [0.29, 0.717) is 6.54 Å². The number of carbonyl (C=O) groups excluding carboxylic acids is 1. The molecule has 6 heteroatoms. The smallest absolute Gasteiger partial charge is 0.241 e. The summed E-state index contributed by atoms with van der Waals surface area (Å²) in [6.07, 6.45) is 4.89. The maximum atomic E-state index is 12.0. The normalized spacial score (nSPS) is 17.9. The van der Waals surface area contributed by atoms with Crippen molar-refractivity contribution in [2.24, 2.45) is 0 Å². The molecule has 0 bridgehead atoms. The van der Waals surface area contributed by atoms with Gasteiger partial charge in [-0.25, -0.2) is 9.97 Å². The lowest BCUT2D eigenvalue weighted by Crippen LogP contribution is -2.48. The number of nitrogens with zero attached hydrogens (tertiary/aromatic N) is 5. The van der Waals surface area contributed by atoms with Crippen LogP contribution in [0.3, 0.4) is 0 Å². The fourth-order valence-corrected chi connectivity index (χ4v) is 3.62. The number of benzene rings is 1. The van der Waals surface area contributed by atoms with Gasteiger partial charge in [0.05, 0.1) is 6.54 Å². The Balaban J connectivity index is 1.48. The van der Waals surface area contributed by atoms with Crippen LogP contribution in [-0.4, -0.2) is 60.5 Å². The minimum atomic E-state index is 0.130. The number of hydrogen-bond donors (Lipinski definition) is 0. The number of amides is 1. The zero-order valence-electron chi connectivity index (χ0n) is 15.9. The van der Waals surface area contributed by atoms with E-state index in [1.807, 2.05) is 18.0 Å². The van der Waals surface area contributed by atoms with Gasteiger partial charge in [-0.15, -0.1) is 0 Å². The zero-order chi connectivity index (χ0) is 18.8. The molecule has 1 aromatic carbocycles. The fourth-order valence-electron chi connectivity index (χ4n) is 3.62. The Labute approximate surface area is 160 Å². The summed E-state index contributed by atoms with van der Waals surface area (Å²) in [6, 6.07) is 10.7. The lowest BCUT2D eigenvalue weighted by atomic mass is 9.98. The van der Waals surface area contributed by atoms with Gasteiger partial charge in [0.2, 0.25) is 5.91 Å². The quantitative estimate of drug-likeness (QED) is 0.838. The van der Waals surface area contributed by atoms with Crippen LogP contribution in [0, 0.1) is 6.92 Å². The molecule has 0 saturated carbocycles. The molecular formula is C21H25N5O. The third-order valence-corrected chi connectivity index (χ3v) is 5.34. The van der Waals surface area contributed by atoms with E-state index in [1.165, 1.54) is 16.7 Å². The molecule has 140 valence electrons. The molecule has 4 rings (SSSR count). The number of aryl methyl sites for hydroxylation is 1. The lowest BCUT2D eigenvalue weighted by molar-refractivity contribution is -0.129. The van der Waals surface area contributed by atoms with E-state index < -0.39 is 0 Å². The molecule has 0 atom stereocenters. The SMILES string of the molecule is Cc1cccc(C2=CCN(c3cc(N4CCN(C)C(=O)C4)ncn3)CC2)c1. The monoisotopic (exact) mass is 363 g/mol. The number of rotatable bonds is 3. The highest BCUT2D eigenvalue weighted by molar-refractivity contribution is 5.82. The van der Waals surface area contributed by atoms with Gasteiger partial charge in [0.25, 0.3) is 0 Å². The van der Waals surface area contributed by atoms with Crippen LogP contribution in [0.2, 0.25) is 0 Å². The Morgan fingerprint density at radius 1 is 1.00 bits per heavy atom. The van der Waals surface area contributed by atoms with Gasteiger partial charge in [0.15, 0.2) is 0 Å². The van der Waals surface area contributed by atoms with Crippen molar-refractivity contribution >= 4 is 23.1 Å². The van der Waals surface area contributed by atoms with E-state index in [9.17, 15) is 4.79 Å². The van der Waals surface area contributed by atoms with E-state index in [4.69, 9.17) is 0 Å². The average molecular weight is 363 g/mol. The van der Waals surface area contributed by atoms with Crippen LogP contribution < -0.4 is 9.80 Å². The van der Waals surface area contributed by atoms with Gasteiger partial charge in [-0.1, -0.05) is 35.9 Å². The Bertz CT molecular complexity index is 878. The van der Waals surface area contributed by atoms with Gasteiger partial charge in [0.1, 0.15) is 18.0 Å². The van der Waals surface area contributed by atoms with E-state index in [2.05, 4.69) is 52.1 Å². The van der Waals surface area contributed by atoms with E-state index in [-0.39, 0.29) is 5.91 Å². The van der Waals surface area contributed by atoms with Crippen molar-refractivity contribution in [1.29, 1.82) is 0 Å². The maximum absolute atomic E-state index is 12.0. The minimum absolute atomic E-state index is 0.130. The summed E-state index contributed by atoms with van der Waals surface area (Å²) in [5, 5.41) is 0. The van der Waals surface area contributed by atoms with Gasteiger partial charge < -0.3 is 14.7 Å². The highest BCUT2D eigenvalue weighted by Crippen LogP contribution is 2.26. The van der Waals surface area contributed by atoms with Crippen molar-refractivity contribution < 1.29 is 4.79 Å². The molecule has 2 aromatic rings. The maximum Gasteiger partial charge on any atom is 0.241 e. The first-order valence-electron chi connectivity index (χ1n) is 9.42. The van der Waals surface area contributed by atoms with Gasteiger partial charge >= 0.3 is 0 Å². The number of piperazine rings is 1. The van der Waals surface area contributed by atoms with Crippen LogP contribution >= 0.6 is 0 Å². The second-order valence-electron chi connectivity index (χ2n) is 7.27. The first-order chi connectivity index (χ1) is 13.1. The van der Waals surface area contributed by atoms with Gasteiger partial charge in [-0.2, -0.15) is 0 Å². The van der Waals surface area contributed by atoms with Crippen LogP contribution in [0.1, 0.15) is 17.5 Å². The highest BCUT2D eigenvalue weighted by Gasteiger charge is 2.23. The lowest BCUT2D eigenvalue weighted by Gasteiger charge is -2.33. The summed E-state index contributed by atoms with van der Waals surface area (Å²) in [7, 11) is 1.84. The molecule has 0 spiro atoms. The van der Waals surface area contributed by atoms with Crippen molar-refractivity contribution in [2.45, 2.75) is 13.3 Å². The molecule has 2 aliphatic heterocycles. The van der Waals surface area contributed by atoms with Crippen molar-refractivity contribution in [3.05, 3.63) is 53.9 Å². The van der Waals surface area contributed by atoms with Crippen molar-refractivity contribution in [1.82, 2.24) is 14.9 Å². The van der Waals surface area contributed by atoms with E-state index in [1.54, 1.807) is 11.2 Å². The Hall–Kier alpha value is -2.89. The van der Waals surface area contributed by atoms with Crippen molar-refractivity contribution in [3.8, 4) is 0 Å². The largest absolute Gasteiger partial charge is 0.352 e. The minimum Gasteiger partial charge on any atom is -0.352 e. The second kappa shape index (κ2) is 7.39. The number of likely N-dealkylation sites (N-methyl/N-ethyl adjacent to an activating group) is 1. The highest BCUT2D eigenvalue weighted by atomic mass is 16.2. The molecule has 2 aliphatic rings. The standard InChI is InChI=1S/C21H25N5O/c1-16-4-3-5-18(12-16)17-6-8-25(9-7-17)19-13-20(23-15-22-19)26-11-10-24(2)21(27)14-26/h3-6,12-13,15H,7-11,14H2,1-2H3. The van der Waals surface area contributed by atoms with Crippen molar-refractivity contribution in [3.63, 3.8) is 0 Å². The van der Waals surface area contributed by atoms with Crippen molar-refractivity contribution in [2.75, 3.05) is 49.6 Å². The predicted octanol–water partition coefficient (Wildman–Crippen LogP) is 2.36. The van der Waals surface area contributed by atoms with Gasteiger partial charge in [0, 0.05) is 39.3 Å². The molecule has 0 unspecified atom stereocenters. The summed E-state index contributed by atoms with van der Waals surface area (Å²) in [5.74, 6) is 1.88. The molecule has 1 fully saturated rings. The Morgan fingerprint density at radius 2 is 1.81 bits per heavy atom. The molecule has 0 aliphatic carbocycles. The van der Waals surface area contributed by atoms with Crippen LogP contribution in [0.15, 0.2) is 42.7 Å². The van der Waals surface area contributed by atoms with Gasteiger partial charge in [-0.05, 0) is 24.5 Å². The molecule has 0 radical (unpaired) electrons. The fraction of sp³-hybridized carbons (Fsp3) is 0.381.